The summed E-state index contributed by atoms with van der Waals surface area (Å²) >= 11 is 1.27. The summed E-state index contributed by atoms with van der Waals surface area (Å²) < 4.78 is 18.5. The van der Waals surface area contributed by atoms with Crippen molar-refractivity contribution in [2.45, 2.75) is 19.9 Å². The Labute approximate surface area is 225 Å². The fraction of sp³-hybridized carbons (Fsp3) is 0.276. The van der Waals surface area contributed by atoms with E-state index in [0.29, 0.717) is 38.7 Å². The van der Waals surface area contributed by atoms with E-state index in [9.17, 15) is 9.59 Å². The van der Waals surface area contributed by atoms with Gasteiger partial charge in [-0.25, -0.2) is 9.79 Å². The highest BCUT2D eigenvalue weighted by Gasteiger charge is 2.33. The molecule has 0 unspecified atom stereocenters. The number of rotatable bonds is 9. The highest BCUT2D eigenvalue weighted by atomic mass is 32.1. The molecular formula is C29H31N3O5S. The largest absolute Gasteiger partial charge is 0.493 e. The minimum atomic E-state index is -0.659. The zero-order valence-electron chi connectivity index (χ0n) is 22.2. The van der Waals surface area contributed by atoms with Crippen LogP contribution in [0.15, 0.2) is 76.2 Å². The molecule has 2 aromatic carbocycles. The van der Waals surface area contributed by atoms with Gasteiger partial charge in [0, 0.05) is 19.8 Å². The number of methoxy groups -OCH3 is 1. The monoisotopic (exact) mass is 533 g/mol. The zero-order valence-corrected chi connectivity index (χ0v) is 23.0. The molecule has 0 saturated heterocycles. The maximum Gasteiger partial charge on any atom is 0.338 e. The van der Waals surface area contributed by atoms with E-state index < -0.39 is 12.0 Å². The van der Waals surface area contributed by atoms with Gasteiger partial charge in [0.1, 0.15) is 6.61 Å². The number of carbonyl (C=O) groups is 1. The van der Waals surface area contributed by atoms with Crippen LogP contribution in [0.2, 0.25) is 0 Å². The summed E-state index contributed by atoms with van der Waals surface area (Å²) in [6, 6.07) is 12.6. The number of aromatic nitrogens is 1. The van der Waals surface area contributed by atoms with Crippen LogP contribution in [-0.2, 0) is 9.53 Å². The van der Waals surface area contributed by atoms with Crippen LogP contribution in [0.5, 0.6) is 11.5 Å². The van der Waals surface area contributed by atoms with Crippen molar-refractivity contribution in [1.29, 1.82) is 0 Å². The Bertz CT molecular complexity index is 1560. The Morgan fingerprint density at radius 1 is 1.18 bits per heavy atom. The molecule has 9 heteroatoms. The average molecular weight is 534 g/mol. The Hall–Kier alpha value is -4.11. The molecular weight excluding hydrogens is 502 g/mol. The van der Waals surface area contributed by atoms with E-state index in [1.807, 2.05) is 55.4 Å². The second-order valence-corrected chi connectivity index (χ2v) is 9.81. The summed E-state index contributed by atoms with van der Waals surface area (Å²) in [6.07, 6.45) is 3.45. The smallest absolute Gasteiger partial charge is 0.338 e. The number of anilines is 1. The molecule has 1 aromatic heterocycles. The summed E-state index contributed by atoms with van der Waals surface area (Å²) in [5.74, 6) is 0.652. The van der Waals surface area contributed by atoms with E-state index in [2.05, 4.69) is 11.6 Å². The van der Waals surface area contributed by atoms with Gasteiger partial charge in [0.2, 0.25) is 0 Å². The highest BCUT2D eigenvalue weighted by molar-refractivity contribution is 7.07. The number of nitrogens with zero attached hydrogens (tertiary/aromatic N) is 3. The molecule has 1 aliphatic heterocycles. The first kappa shape index (κ1) is 26.9. The molecule has 38 heavy (non-hydrogen) atoms. The second kappa shape index (κ2) is 11.5. The molecule has 0 bridgehead atoms. The fourth-order valence-electron chi connectivity index (χ4n) is 4.25. The van der Waals surface area contributed by atoms with Crippen molar-refractivity contribution in [3.63, 3.8) is 0 Å². The van der Waals surface area contributed by atoms with Gasteiger partial charge >= 0.3 is 5.97 Å². The minimum Gasteiger partial charge on any atom is -0.493 e. The molecule has 2 heterocycles. The first-order valence-electron chi connectivity index (χ1n) is 12.2. The van der Waals surface area contributed by atoms with Crippen LogP contribution >= 0.6 is 11.3 Å². The van der Waals surface area contributed by atoms with Crippen molar-refractivity contribution in [3.05, 3.63) is 97.2 Å². The summed E-state index contributed by atoms with van der Waals surface area (Å²) in [5, 5.41) is 0. The van der Waals surface area contributed by atoms with Gasteiger partial charge in [-0.3, -0.25) is 9.36 Å². The molecule has 8 nitrogen and oxygen atoms in total. The number of hydrogen-bond acceptors (Lipinski definition) is 8. The lowest BCUT2D eigenvalue weighted by atomic mass is 9.95. The van der Waals surface area contributed by atoms with Crippen LogP contribution in [-0.4, -0.2) is 45.0 Å². The Balaban J connectivity index is 1.87. The van der Waals surface area contributed by atoms with Gasteiger partial charge < -0.3 is 19.1 Å². The van der Waals surface area contributed by atoms with Gasteiger partial charge in [0.15, 0.2) is 16.3 Å². The van der Waals surface area contributed by atoms with Gasteiger partial charge in [-0.05, 0) is 55.3 Å². The lowest BCUT2D eigenvalue weighted by molar-refractivity contribution is -0.139. The molecule has 0 aliphatic carbocycles. The van der Waals surface area contributed by atoms with E-state index >= 15 is 0 Å². The van der Waals surface area contributed by atoms with Crippen LogP contribution < -0.4 is 29.3 Å². The van der Waals surface area contributed by atoms with Crippen LogP contribution in [0.25, 0.3) is 6.08 Å². The third-order valence-corrected chi connectivity index (χ3v) is 7.07. The predicted octanol–water partition coefficient (Wildman–Crippen LogP) is 3.44. The predicted molar refractivity (Wildman–Crippen MR) is 150 cm³/mol. The first-order chi connectivity index (χ1) is 18.3. The lowest BCUT2D eigenvalue weighted by Gasteiger charge is -2.25. The van der Waals surface area contributed by atoms with Gasteiger partial charge in [-0.15, -0.1) is 0 Å². The van der Waals surface area contributed by atoms with Crippen molar-refractivity contribution in [3.8, 4) is 11.5 Å². The standard InChI is InChI=1S/C29H31N3O5S/c1-7-15-37-22-14-9-19(16-23(22)35-6)17-24-27(33)32-26(20-10-12-21(13-11-20)31(4)5)25(28(34)36-8-2)18(3)30-29(32)38-24/h7,9-14,16-17,26H,1,8,15H2,2-6H3/b24-17-/t26-/m0/s1. The van der Waals surface area contributed by atoms with Crippen LogP contribution in [0.1, 0.15) is 31.0 Å². The molecule has 1 aliphatic rings. The number of carbonyl (C=O) groups excluding carboxylic acids is 1. The van der Waals surface area contributed by atoms with Gasteiger partial charge in [0.05, 0.1) is 35.6 Å². The zero-order chi connectivity index (χ0) is 27.4. The molecule has 0 spiro atoms. The molecule has 1 atom stereocenters. The number of esters is 1. The maximum atomic E-state index is 13.8. The Morgan fingerprint density at radius 3 is 2.55 bits per heavy atom. The van der Waals surface area contributed by atoms with E-state index in [1.165, 1.54) is 11.3 Å². The second-order valence-electron chi connectivity index (χ2n) is 8.80. The number of fused-ring (bicyclic) bond motifs is 1. The van der Waals surface area contributed by atoms with Crippen molar-refractivity contribution >= 4 is 29.1 Å². The number of allylic oxidation sites excluding steroid dienone is 1. The van der Waals surface area contributed by atoms with Crippen molar-refractivity contribution < 1.29 is 19.0 Å². The van der Waals surface area contributed by atoms with Gasteiger partial charge in [0.25, 0.3) is 5.56 Å². The first-order valence-corrected chi connectivity index (χ1v) is 13.0. The highest BCUT2D eigenvalue weighted by Crippen LogP contribution is 2.32. The molecule has 0 saturated carbocycles. The van der Waals surface area contributed by atoms with Crippen molar-refractivity contribution in [1.82, 2.24) is 4.57 Å². The van der Waals surface area contributed by atoms with Gasteiger partial charge in [-0.1, -0.05) is 42.2 Å². The van der Waals surface area contributed by atoms with Crippen LogP contribution in [0.3, 0.4) is 0 Å². The SMILES string of the molecule is C=CCOc1ccc(/C=c2\sc3n(c2=O)[C@@H](c2ccc(N(C)C)cc2)C(C(=O)OCC)=C(C)N=3)cc1OC. The molecule has 0 N–H and O–H groups in total. The van der Waals surface area contributed by atoms with Gasteiger partial charge in [-0.2, -0.15) is 0 Å². The quantitative estimate of drug-likeness (QED) is 0.310. The topological polar surface area (TPSA) is 82.4 Å². The number of benzene rings is 2. The van der Waals surface area contributed by atoms with Crippen molar-refractivity contribution in [2.24, 2.45) is 4.99 Å². The molecule has 0 amide bonds. The van der Waals surface area contributed by atoms with Crippen molar-refractivity contribution in [2.75, 3.05) is 39.3 Å². The Morgan fingerprint density at radius 2 is 1.92 bits per heavy atom. The number of hydrogen-bond donors (Lipinski definition) is 0. The number of ether oxygens (including phenoxy) is 3. The molecule has 4 rings (SSSR count). The molecule has 0 fully saturated rings. The third kappa shape index (κ3) is 5.28. The van der Waals surface area contributed by atoms with E-state index in [4.69, 9.17) is 14.2 Å². The van der Waals surface area contributed by atoms with Crippen LogP contribution in [0.4, 0.5) is 5.69 Å². The van der Waals surface area contributed by atoms with E-state index in [-0.39, 0.29) is 12.2 Å². The Kier molecular flexibility index (Phi) is 8.16. The molecule has 198 valence electrons. The summed E-state index contributed by atoms with van der Waals surface area (Å²) in [5.41, 5.74) is 3.22. The number of thiazole rings is 1. The molecule has 0 radical (unpaired) electrons. The average Bonchev–Trinajstić information content (AvgIpc) is 3.21. The summed E-state index contributed by atoms with van der Waals surface area (Å²) in [6.45, 7) is 7.77. The maximum absolute atomic E-state index is 13.8. The lowest BCUT2D eigenvalue weighted by Crippen LogP contribution is -2.39. The van der Waals surface area contributed by atoms with Crippen LogP contribution in [0, 0.1) is 0 Å². The normalized spacial score (nSPS) is 15.0. The fourth-order valence-corrected chi connectivity index (χ4v) is 5.30. The van der Waals surface area contributed by atoms with E-state index in [1.54, 1.807) is 43.7 Å². The third-order valence-electron chi connectivity index (χ3n) is 6.08. The molecule has 3 aromatic rings. The van der Waals surface area contributed by atoms with E-state index in [0.717, 1.165) is 16.8 Å². The summed E-state index contributed by atoms with van der Waals surface area (Å²) in [4.78, 5) is 34.0. The summed E-state index contributed by atoms with van der Waals surface area (Å²) in [7, 11) is 5.48. The minimum absolute atomic E-state index is 0.223.